The summed E-state index contributed by atoms with van der Waals surface area (Å²) in [5, 5.41) is 5.00. The minimum atomic E-state index is -0.337. The van der Waals surface area contributed by atoms with E-state index in [-0.39, 0.29) is 17.0 Å². The fourth-order valence-electron chi connectivity index (χ4n) is 2.70. The number of hydrogen-bond acceptors (Lipinski definition) is 3. The summed E-state index contributed by atoms with van der Waals surface area (Å²) in [6.45, 7) is 7.25. The first-order valence-corrected chi connectivity index (χ1v) is 9.52. The van der Waals surface area contributed by atoms with E-state index in [2.05, 4.69) is 18.9 Å². The second-order valence-corrected chi connectivity index (χ2v) is 6.82. The molecule has 0 aliphatic rings. The molecule has 0 saturated heterocycles. The van der Waals surface area contributed by atoms with E-state index in [9.17, 15) is 9.59 Å². The largest absolute Gasteiger partial charge is 0.337 e. The van der Waals surface area contributed by atoms with Crippen LogP contribution in [-0.4, -0.2) is 33.7 Å². The van der Waals surface area contributed by atoms with Crippen LogP contribution in [0.25, 0.3) is 5.69 Å². The molecule has 0 N–H and O–H groups in total. The summed E-state index contributed by atoms with van der Waals surface area (Å²) in [6.07, 6.45) is 3.80. The Balaban J connectivity index is 2.40. The highest BCUT2D eigenvalue weighted by atomic mass is 35.5. The number of nitrogens with zero attached hydrogens (tertiary/aromatic N) is 3. The van der Waals surface area contributed by atoms with Crippen molar-refractivity contribution in [2.45, 2.75) is 46.5 Å². The lowest BCUT2D eigenvalue weighted by atomic mass is 10.2. The molecule has 6 heteroatoms. The van der Waals surface area contributed by atoms with Gasteiger partial charge in [0.05, 0.1) is 5.69 Å². The molecule has 0 spiro atoms. The molecule has 1 heterocycles. The van der Waals surface area contributed by atoms with Crippen molar-refractivity contribution in [2.24, 2.45) is 0 Å². The number of hydrogen-bond donors (Lipinski definition) is 0. The van der Waals surface area contributed by atoms with Crippen molar-refractivity contribution in [3.05, 3.63) is 57.0 Å². The number of carbonyl (C=O) groups is 1. The first-order chi connectivity index (χ1) is 12.5. The number of carbonyl (C=O) groups excluding carboxylic acids is 1. The molecular weight excluding hydrogens is 350 g/mol. The lowest BCUT2D eigenvalue weighted by Gasteiger charge is -2.22. The molecule has 0 bridgehead atoms. The molecule has 140 valence electrons. The number of aryl methyl sites for hydroxylation is 1. The summed E-state index contributed by atoms with van der Waals surface area (Å²) in [5.74, 6) is -0.292. The van der Waals surface area contributed by atoms with Crippen LogP contribution in [0.5, 0.6) is 0 Å². The Morgan fingerprint density at radius 1 is 1.12 bits per heavy atom. The van der Waals surface area contributed by atoms with E-state index in [4.69, 9.17) is 11.6 Å². The fourth-order valence-corrected chi connectivity index (χ4v) is 2.83. The molecule has 0 unspecified atom stereocenters. The molecule has 0 fully saturated rings. The Bertz CT molecular complexity index is 792. The first-order valence-electron chi connectivity index (χ1n) is 9.14. The Morgan fingerprint density at radius 3 is 2.23 bits per heavy atom. The molecule has 26 heavy (non-hydrogen) atoms. The molecule has 0 atom stereocenters. The third-order valence-electron chi connectivity index (χ3n) is 4.23. The van der Waals surface area contributed by atoms with Crippen LogP contribution in [0.2, 0.25) is 5.02 Å². The van der Waals surface area contributed by atoms with Gasteiger partial charge in [0.1, 0.15) is 0 Å². The monoisotopic (exact) mass is 375 g/mol. The van der Waals surface area contributed by atoms with Crippen molar-refractivity contribution >= 4 is 17.5 Å². The van der Waals surface area contributed by atoms with Gasteiger partial charge in [-0.05, 0) is 44.0 Å². The zero-order chi connectivity index (χ0) is 19.1. The van der Waals surface area contributed by atoms with Gasteiger partial charge in [0.25, 0.3) is 5.91 Å². The highest BCUT2D eigenvalue weighted by Gasteiger charge is 2.21. The summed E-state index contributed by atoms with van der Waals surface area (Å²) in [5.41, 5.74) is 1.06. The Kier molecular flexibility index (Phi) is 7.39. The maximum Gasteiger partial charge on any atom is 0.278 e. The second-order valence-electron chi connectivity index (χ2n) is 6.39. The maximum atomic E-state index is 13.0. The van der Waals surface area contributed by atoms with Crippen molar-refractivity contribution in [3.63, 3.8) is 0 Å². The minimum absolute atomic E-state index is 0.0299. The highest BCUT2D eigenvalue weighted by Crippen LogP contribution is 2.14. The fraction of sp³-hybridized carbons (Fsp3) is 0.450. The van der Waals surface area contributed by atoms with Gasteiger partial charge in [-0.3, -0.25) is 9.59 Å². The van der Waals surface area contributed by atoms with Gasteiger partial charge in [-0.2, -0.15) is 5.10 Å². The predicted molar refractivity (Wildman–Crippen MR) is 105 cm³/mol. The van der Waals surface area contributed by atoms with Gasteiger partial charge in [0.15, 0.2) is 5.69 Å². The molecule has 0 aliphatic heterocycles. The molecule has 5 nitrogen and oxygen atoms in total. The summed E-state index contributed by atoms with van der Waals surface area (Å²) in [6, 6.07) is 8.60. The summed E-state index contributed by atoms with van der Waals surface area (Å²) in [7, 11) is 0. The van der Waals surface area contributed by atoms with Crippen molar-refractivity contribution in [1.82, 2.24) is 14.7 Å². The van der Waals surface area contributed by atoms with Crippen molar-refractivity contribution < 1.29 is 4.79 Å². The average Bonchev–Trinajstić information content (AvgIpc) is 2.62. The topological polar surface area (TPSA) is 55.2 Å². The van der Waals surface area contributed by atoms with E-state index in [0.29, 0.717) is 23.8 Å². The Morgan fingerprint density at radius 2 is 1.69 bits per heavy atom. The highest BCUT2D eigenvalue weighted by molar-refractivity contribution is 6.30. The number of aromatic nitrogens is 2. The number of benzene rings is 1. The quantitative estimate of drug-likeness (QED) is 0.693. The van der Waals surface area contributed by atoms with E-state index in [1.54, 1.807) is 28.6 Å². The standard InChI is InChI=1S/C20H26ClN3O2/c1-4-6-12-23(13-7-5-2)20(26)19-18(25)14-15(3)24(22-19)17-10-8-16(21)9-11-17/h8-11,14H,4-7,12-13H2,1-3H3. The minimum Gasteiger partial charge on any atom is -0.337 e. The van der Waals surface area contributed by atoms with Crippen LogP contribution in [0.4, 0.5) is 0 Å². The molecule has 2 rings (SSSR count). The van der Waals surface area contributed by atoms with E-state index in [0.717, 1.165) is 31.4 Å². The zero-order valence-corrected chi connectivity index (χ0v) is 16.4. The van der Waals surface area contributed by atoms with E-state index in [1.807, 2.05) is 12.1 Å². The van der Waals surface area contributed by atoms with Crippen LogP contribution >= 0.6 is 11.6 Å². The molecule has 0 aliphatic carbocycles. The van der Waals surface area contributed by atoms with Gasteiger partial charge in [0, 0.05) is 29.9 Å². The number of rotatable bonds is 8. The molecule has 1 aromatic heterocycles. The van der Waals surface area contributed by atoms with Crippen LogP contribution < -0.4 is 5.43 Å². The summed E-state index contributed by atoms with van der Waals surface area (Å²) >= 11 is 5.94. The summed E-state index contributed by atoms with van der Waals surface area (Å²) < 4.78 is 1.61. The third-order valence-corrected chi connectivity index (χ3v) is 4.48. The van der Waals surface area contributed by atoms with Gasteiger partial charge < -0.3 is 4.90 Å². The normalized spacial score (nSPS) is 10.8. The van der Waals surface area contributed by atoms with Crippen molar-refractivity contribution in [3.8, 4) is 5.69 Å². The molecule has 0 radical (unpaired) electrons. The molecule has 1 amide bonds. The van der Waals surface area contributed by atoms with Crippen LogP contribution in [0.1, 0.15) is 55.7 Å². The van der Waals surface area contributed by atoms with Gasteiger partial charge in [-0.1, -0.05) is 38.3 Å². The zero-order valence-electron chi connectivity index (χ0n) is 15.7. The SMILES string of the molecule is CCCCN(CCCC)C(=O)c1nn(-c2ccc(Cl)cc2)c(C)cc1=O. The van der Waals surface area contributed by atoms with Crippen molar-refractivity contribution in [2.75, 3.05) is 13.1 Å². The van der Waals surface area contributed by atoms with E-state index in [1.165, 1.54) is 6.07 Å². The molecular formula is C20H26ClN3O2. The van der Waals surface area contributed by atoms with Crippen LogP contribution in [0.3, 0.4) is 0 Å². The van der Waals surface area contributed by atoms with Gasteiger partial charge in [-0.15, -0.1) is 0 Å². The lowest BCUT2D eigenvalue weighted by molar-refractivity contribution is 0.0741. The third kappa shape index (κ3) is 4.94. The van der Waals surface area contributed by atoms with Gasteiger partial charge in [0.2, 0.25) is 5.43 Å². The van der Waals surface area contributed by atoms with Crippen molar-refractivity contribution in [1.29, 1.82) is 0 Å². The molecule has 1 aromatic carbocycles. The smallest absolute Gasteiger partial charge is 0.278 e. The van der Waals surface area contributed by atoms with Crippen LogP contribution in [0.15, 0.2) is 35.1 Å². The number of unbranched alkanes of at least 4 members (excludes halogenated alkanes) is 2. The maximum absolute atomic E-state index is 13.0. The van der Waals surface area contributed by atoms with Gasteiger partial charge in [-0.25, -0.2) is 4.68 Å². The second kappa shape index (κ2) is 9.53. The van der Waals surface area contributed by atoms with E-state index < -0.39 is 0 Å². The number of amides is 1. The summed E-state index contributed by atoms with van der Waals surface area (Å²) in [4.78, 5) is 27.1. The Hall–Kier alpha value is -2.14. The predicted octanol–water partition coefficient (Wildman–Crippen LogP) is 4.24. The Labute approximate surface area is 159 Å². The molecule has 2 aromatic rings. The van der Waals surface area contributed by atoms with Crippen LogP contribution in [-0.2, 0) is 0 Å². The van der Waals surface area contributed by atoms with E-state index >= 15 is 0 Å². The lowest BCUT2D eigenvalue weighted by Crippen LogP contribution is -2.37. The average molecular weight is 376 g/mol. The molecule has 0 saturated carbocycles. The van der Waals surface area contributed by atoms with Gasteiger partial charge >= 0.3 is 0 Å². The van der Waals surface area contributed by atoms with Crippen LogP contribution in [0, 0.1) is 6.92 Å². The number of halogens is 1. The first kappa shape index (κ1) is 20.2.